The van der Waals surface area contributed by atoms with Crippen LogP contribution in [0.3, 0.4) is 0 Å². The quantitative estimate of drug-likeness (QED) is 0.879. The molecule has 0 radical (unpaired) electrons. The SMILES string of the molecule is CCNCC.O=C(O)c1ccc(Br)o1. The number of carboxylic acid groups (broad SMARTS) is 1. The standard InChI is InChI=1S/C5H3BrO3.C4H11N/c6-4-2-1-3(9-4)5(7)8;1-3-5-4-2/h1-2H,(H,7,8);5H,3-4H2,1-2H3. The van der Waals surface area contributed by atoms with Gasteiger partial charge < -0.3 is 14.8 Å². The van der Waals surface area contributed by atoms with E-state index in [0.717, 1.165) is 13.1 Å². The topological polar surface area (TPSA) is 62.5 Å². The number of nitrogens with one attached hydrogen (secondary N) is 1. The van der Waals surface area contributed by atoms with E-state index < -0.39 is 5.97 Å². The van der Waals surface area contributed by atoms with Crippen molar-refractivity contribution < 1.29 is 14.3 Å². The maximum atomic E-state index is 10.1. The summed E-state index contributed by atoms with van der Waals surface area (Å²) in [5.41, 5.74) is 0. The summed E-state index contributed by atoms with van der Waals surface area (Å²) in [7, 11) is 0. The molecule has 0 saturated heterocycles. The molecule has 0 aliphatic rings. The fraction of sp³-hybridized carbons (Fsp3) is 0.444. The third-order valence-electron chi connectivity index (χ3n) is 1.28. The van der Waals surface area contributed by atoms with Gasteiger partial charge in [-0.25, -0.2) is 4.79 Å². The van der Waals surface area contributed by atoms with Crippen molar-refractivity contribution in [3.8, 4) is 0 Å². The molecule has 14 heavy (non-hydrogen) atoms. The Bertz CT molecular complexity index is 271. The van der Waals surface area contributed by atoms with E-state index >= 15 is 0 Å². The van der Waals surface area contributed by atoms with Gasteiger partial charge in [-0.05, 0) is 41.2 Å². The van der Waals surface area contributed by atoms with Gasteiger partial charge in [-0.15, -0.1) is 0 Å². The molecule has 0 atom stereocenters. The van der Waals surface area contributed by atoms with Crippen molar-refractivity contribution in [1.82, 2.24) is 5.32 Å². The van der Waals surface area contributed by atoms with Crippen molar-refractivity contribution in [3.05, 3.63) is 22.6 Å². The first-order valence-electron chi connectivity index (χ1n) is 4.31. The predicted octanol–water partition coefficient (Wildman–Crippen LogP) is 2.36. The third kappa shape index (κ3) is 5.77. The Labute approximate surface area is 91.4 Å². The monoisotopic (exact) mass is 263 g/mol. The zero-order valence-corrected chi connectivity index (χ0v) is 9.80. The molecule has 1 heterocycles. The van der Waals surface area contributed by atoms with Crippen molar-refractivity contribution >= 4 is 21.9 Å². The minimum absolute atomic E-state index is 0.0538. The maximum absolute atomic E-state index is 10.1. The van der Waals surface area contributed by atoms with Crippen LogP contribution in [-0.4, -0.2) is 24.2 Å². The molecule has 1 aromatic rings. The van der Waals surface area contributed by atoms with E-state index in [9.17, 15) is 4.79 Å². The summed E-state index contributed by atoms with van der Waals surface area (Å²) in [6, 6.07) is 2.91. The van der Waals surface area contributed by atoms with Gasteiger partial charge in [0.1, 0.15) is 0 Å². The number of halogens is 1. The summed E-state index contributed by atoms with van der Waals surface area (Å²) < 4.78 is 5.09. The number of hydrogen-bond donors (Lipinski definition) is 2. The maximum Gasteiger partial charge on any atom is 0.371 e. The lowest BCUT2D eigenvalue weighted by molar-refractivity contribution is 0.0661. The highest BCUT2D eigenvalue weighted by molar-refractivity contribution is 9.10. The van der Waals surface area contributed by atoms with Gasteiger partial charge in [0.2, 0.25) is 5.76 Å². The van der Waals surface area contributed by atoms with Gasteiger partial charge in [-0.2, -0.15) is 0 Å². The Kier molecular flexibility index (Phi) is 7.14. The molecule has 0 unspecified atom stereocenters. The van der Waals surface area contributed by atoms with E-state index in [0.29, 0.717) is 4.67 Å². The van der Waals surface area contributed by atoms with E-state index in [2.05, 4.69) is 39.5 Å². The van der Waals surface area contributed by atoms with Crippen LogP contribution in [0.15, 0.2) is 21.2 Å². The molecule has 80 valence electrons. The molecule has 5 heteroatoms. The van der Waals surface area contributed by atoms with Crippen LogP contribution >= 0.6 is 15.9 Å². The molecule has 4 nitrogen and oxygen atoms in total. The second-order valence-corrected chi connectivity index (χ2v) is 3.15. The average Bonchev–Trinajstić information content (AvgIpc) is 2.54. The molecule has 0 fully saturated rings. The third-order valence-corrected chi connectivity index (χ3v) is 1.71. The fourth-order valence-corrected chi connectivity index (χ4v) is 0.986. The number of furan rings is 1. The molecule has 2 N–H and O–H groups in total. The molecule has 0 saturated carbocycles. The number of aromatic carboxylic acids is 1. The summed E-state index contributed by atoms with van der Waals surface area (Å²) >= 11 is 2.97. The first kappa shape index (κ1) is 13.2. The summed E-state index contributed by atoms with van der Waals surface area (Å²) in [4.78, 5) is 10.1. The van der Waals surface area contributed by atoms with Crippen molar-refractivity contribution in [3.63, 3.8) is 0 Å². The zero-order chi connectivity index (χ0) is 11.0. The van der Waals surface area contributed by atoms with Gasteiger partial charge in [0.05, 0.1) is 0 Å². The fourth-order valence-electron chi connectivity index (χ4n) is 0.679. The van der Waals surface area contributed by atoms with Crippen molar-refractivity contribution in [2.45, 2.75) is 13.8 Å². The smallest absolute Gasteiger partial charge is 0.371 e. The summed E-state index contributed by atoms with van der Waals surface area (Å²) in [5.74, 6) is -1.11. The van der Waals surface area contributed by atoms with Crippen LogP contribution in [0.5, 0.6) is 0 Å². The van der Waals surface area contributed by atoms with E-state index in [1.165, 1.54) is 12.1 Å². The Balaban J connectivity index is 0.000000292. The minimum atomic E-state index is -1.05. The molecular formula is C9H14BrNO3. The average molecular weight is 264 g/mol. The summed E-state index contributed by atoms with van der Waals surface area (Å²) in [6.45, 7) is 6.39. The highest BCUT2D eigenvalue weighted by atomic mass is 79.9. The molecule has 1 rings (SSSR count). The van der Waals surface area contributed by atoms with Crippen LogP contribution in [0.25, 0.3) is 0 Å². The van der Waals surface area contributed by atoms with Gasteiger partial charge in [-0.1, -0.05) is 13.8 Å². The molecule has 0 amide bonds. The normalized spacial score (nSPS) is 9.07. The second-order valence-electron chi connectivity index (χ2n) is 2.37. The van der Waals surface area contributed by atoms with E-state index in [1.807, 2.05) is 0 Å². The van der Waals surface area contributed by atoms with Crippen molar-refractivity contribution in [2.75, 3.05) is 13.1 Å². The van der Waals surface area contributed by atoms with Crippen LogP contribution < -0.4 is 5.32 Å². The largest absolute Gasteiger partial charge is 0.475 e. The number of carbonyl (C=O) groups is 1. The lowest BCUT2D eigenvalue weighted by Gasteiger charge is -1.86. The minimum Gasteiger partial charge on any atom is -0.475 e. The van der Waals surface area contributed by atoms with E-state index in [1.54, 1.807) is 0 Å². The number of hydrogen-bond acceptors (Lipinski definition) is 3. The Morgan fingerprint density at radius 2 is 2.07 bits per heavy atom. The molecule has 0 spiro atoms. The summed E-state index contributed by atoms with van der Waals surface area (Å²) in [6.07, 6.45) is 0. The first-order chi connectivity index (χ1) is 6.61. The zero-order valence-electron chi connectivity index (χ0n) is 8.21. The van der Waals surface area contributed by atoms with Crippen LogP contribution in [0.4, 0.5) is 0 Å². The van der Waals surface area contributed by atoms with Crippen molar-refractivity contribution in [2.24, 2.45) is 0 Å². The van der Waals surface area contributed by atoms with E-state index in [-0.39, 0.29) is 5.76 Å². The summed E-state index contributed by atoms with van der Waals surface area (Å²) in [5, 5.41) is 11.4. The van der Waals surface area contributed by atoms with Crippen LogP contribution in [0.2, 0.25) is 0 Å². The predicted molar refractivity (Wildman–Crippen MR) is 57.6 cm³/mol. The van der Waals surface area contributed by atoms with Crippen molar-refractivity contribution in [1.29, 1.82) is 0 Å². The molecule has 0 aromatic carbocycles. The van der Waals surface area contributed by atoms with Gasteiger partial charge in [0.25, 0.3) is 0 Å². The van der Waals surface area contributed by atoms with Gasteiger partial charge in [-0.3, -0.25) is 0 Å². The van der Waals surface area contributed by atoms with Gasteiger partial charge in [0, 0.05) is 0 Å². The van der Waals surface area contributed by atoms with Crippen LogP contribution in [-0.2, 0) is 0 Å². The molecular weight excluding hydrogens is 250 g/mol. The van der Waals surface area contributed by atoms with Crippen LogP contribution in [0.1, 0.15) is 24.4 Å². The number of carboxylic acids is 1. The van der Waals surface area contributed by atoms with E-state index in [4.69, 9.17) is 5.11 Å². The first-order valence-corrected chi connectivity index (χ1v) is 5.10. The molecule has 0 bridgehead atoms. The second kappa shape index (κ2) is 7.58. The Morgan fingerprint density at radius 1 is 1.50 bits per heavy atom. The Morgan fingerprint density at radius 3 is 2.21 bits per heavy atom. The lowest BCUT2D eigenvalue weighted by atomic mass is 10.5. The molecule has 0 aliphatic carbocycles. The number of rotatable bonds is 3. The molecule has 0 aliphatic heterocycles. The van der Waals surface area contributed by atoms with Gasteiger partial charge >= 0.3 is 5.97 Å². The van der Waals surface area contributed by atoms with Gasteiger partial charge in [0.15, 0.2) is 4.67 Å². The Hall–Kier alpha value is -0.810. The molecule has 1 aromatic heterocycles. The highest BCUT2D eigenvalue weighted by Gasteiger charge is 2.05. The van der Waals surface area contributed by atoms with Crippen LogP contribution in [0, 0.1) is 0 Å². The lowest BCUT2D eigenvalue weighted by Crippen LogP contribution is -2.09. The highest BCUT2D eigenvalue weighted by Crippen LogP contribution is 2.13.